The molecule has 0 radical (unpaired) electrons. The summed E-state index contributed by atoms with van der Waals surface area (Å²) in [4.78, 5) is 8.25. The molecule has 1 unspecified atom stereocenters. The fourth-order valence-electron chi connectivity index (χ4n) is 2.82. The molecule has 1 atom stereocenters. The van der Waals surface area contributed by atoms with Crippen LogP contribution in [0.2, 0.25) is 0 Å². The predicted octanol–water partition coefficient (Wildman–Crippen LogP) is 0.205. The highest BCUT2D eigenvalue weighted by molar-refractivity contribution is 7.86. The lowest BCUT2D eigenvalue weighted by molar-refractivity contribution is 0.0664. The summed E-state index contributed by atoms with van der Waals surface area (Å²) in [5.74, 6) is 1.13. The molecule has 0 saturated carbocycles. The molecule has 0 aliphatic carbocycles. The minimum Gasteiger partial charge on any atom is -0.473 e. The Labute approximate surface area is 136 Å². The van der Waals surface area contributed by atoms with Gasteiger partial charge in [0, 0.05) is 31.9 Å². The van der Waals surface area contributed by atoms with Crippen molar-refractivity contribution in [2.24, 2.45) is 0 Å². The van der Waals surface area contributed by atoms with Gasteiger partial charge in [0.1, 0.15) is 11.9 Å². The monoisotopic (exact) mass is 342 g/mol. The van der Waals surface area contributed by atoms with Crippen molar-refractivity contribution in [3.05, 3.63) is 18.1 Å². The Balaban J connectivity index is 1.65. The fourth-order valence-corrected chi connectivity index (χ4v) is 4.47. The van der Waals surface area contributed by atoms with E-state index in [1.807, 2.05) is 0 Å². The molecule has 0 N–H and O–H groups in total. The molecule has 3 heterocycles. The summed E-state index contributed by atoms with van der Waals surface area (Å²) >= 11 is 0. The Morgan fingerprint density at radius 3 is 2.78 bits per heavy atom. The van der Waals surface area contributed by atoms with Crippen molar-refractivity contribution in [1.82, 2.24) is 18.6 Å². The second kappa shape index (κ2) is 7.08. The number of piperidine rings is 1. The molecule has 0 amide bonds. The predicted molar refractivity (Wildman–Crippen MR) is 83.3 cm³/mol. The van der Waals surface area contributed by atoms with Gasteiger partial charge in [-0.15, -0.1) is 0 Å². The van der Waals surface area contributed by atoms with Gasteiger partial charge >= 0.3 is 0 Å². The molecule has 23 heavy (non-hydrogen) atoms. The maximum Gasteiger partial charge on any atom is 0.282 e. The van der Waals surface area contributed by atoms with Crippen molar-refractivity contribution in [3.63, 3.8) is 0 Å². The van der Waals surface area contributed by atoms with Crippen molar-refractivity contribution in [2.45, 2.75) is 25.9 Å². The first-order chi connectivity index (χ1) is 11.1. The zero-order valence-electron chi connectivity index (χ0n) is 13.2. The molecule has 2 aliphatic heterocycles. The van der Waals surface area contributed by atoms with E-state index >= 15 is 0 Å². The van der Waals surface area contributed by atoms with Crippen LogP contribution in [-0.4, -0.2) is 72.5 Å². The van der Waals surface area contributed by atoms with Crippen molar-refractivity contribution in [3.8, 4) is 5.88 Å². The Hall–Kier alpha value is -1.29. The van der Waals surface area contributed by atoms with Crippen LogP contribution >= 0.6 is 0 Å². The van der Waals surface area contributed by atoms with Crippen LogP contribution in [0.3, 0.4) is 0 Å². The largest absolute Gasteiger partial charge is 0.473 e. The molecule has 2 saturated heterocycles. The molecule has 128 valence electrons. The van der Waals surface area contributed by atoms with Crippen molar-refractivity contribution in [2.75, 3.05) is 39.4 Å². The average molecular weight is 342 g/mol. The van der Waals surface area contributed by atoms with Crippen LogP contribution < -0.4 is 4.74 Å². The van der Waals surface area contributed by atoms with E-state index in [-0.39, 0.29) is 6.10 Å². The molecule has 1 aromatic heterocycles. The Bertz CT molecular complexity index is 633. The van der Waals surface area contributed by atoms with Gasteiger partial charge in [-0.2, -0.15) is 22.0 Å². The summed E-state index contributed by atoms with van der Waals surface area (Å²) in [6.07, 6.45) is 3.05. The summed E-state index contributed by atoms with van der Waals surface area (Å²) in [7, 11) is -3.44. The summed E-state index contributed by atoms with van der Waals surface area (Å²) < 4.78 is 39.5. The fraction of sp³-hybridized carbons (Fsp3) is 0.714. The zero-order valence-corrected chi connectivity index (χ0v) is 14.0. The Morgan fingerprint density at radius 2 is 2.04 bits per heavy atom. The van der Waals surface area contributed by atoms with Crippen molar-refractivity contribution in [1.29, 1.82) is 0 Å². The van der Waals surface area contributed by atoms with Gasteiger partial charge in [-0.1, -0.05) is 0 Å². The molecular weight excluding hydrogens is 320 g/mol. The molecule has 0 bridgehead atoms. The molecule has 0 spiro atoms. The van der Waals surface area contributed by atoms with Crippen LogP contribution in [-0.2, 0) is 14.9 Å². The summed E-state index contributed by atoms with van der Waals surface area (Å²) in [6.45, 7) is 4.40. The number of hydrogen-bond acceptors (Lipinski definition) is 6. The summed E-state index contributed by atoms with van der Waals surface area (Å²) in [5.41, 5.74) is 0. The summed E-state index contributed by atoms with van der Waals surface area (Å²) in [6, 6.07) is 1.70. The molecular formula is C14H22N4O4S. The van der Waals surface area contributed by atoms with Crippen molar-refractivity contribution >= 4 is 10.2 Å². The quantitative estimate of drug-likeness (QED) is 0.777. The van der Waals surface area contributed by atoms with E-state index in [4.69, 9.17) is 9.47 Å². The Kier molecular flexibility index (Phi) is 5.10. The lowest BCUT2D eigenvalue weighted by atomic mass is 10.1. The minimum absolute atomic E-state index is 0.186. The number of hydrogen-bond donors (Lipinski definition) is 0. The number of aromatic nitrogens is 2. The third-order valence-corrected chi connectivity index (χ3v) is 6.00. The molecule has 8 nitrogen and oxygen atoms in total. The van der Waals surface area contributed by atoms with E-state index in [0.717, 1.165) is 12.8 Å². The number of ether oxygens (including phenoxy) is 2. The second-order valence-electron chi connectivity index (χ2n) is 5.70. The topological polar surface area (TPSA) is 84.9 Å². The second-order valence-corrected chi connectivity index (χ2v) is 7.63. The van der Waals surface area contributed by atoms with Crippen LogP contribution in [0.4, 0.5) is 0 Å². The van der Waals surface area contributed by atoms with E-state index in [9.17, 15) is 8.42 Å². The smallest absolute Gasteiger partial charge is 0.282 e. The van der Waals surface area contributed by atoms with Gasteiger partial charge in [0.15, 0.2) is 0 Å². The number of morpholine rings is 1. The van der Waals surface area contributed by atoms with E-state index in [0.29, 0.717) is 51.1 Å². The molecule has 2 aliphatic rings. The lowest BCUT2D eigenvalue weighted by Gasteiger charge is -2.36. The highest BCUT2D eigenvalue weighted by Crippen LogP contribution is 2.21. The van der Waals surface area contributed by atoms with Gasteiger partial charge in [0.2, 0.25) is 5.88 Å². The van der Waals surface area contributed by atoms with Crippen LogP contribution in [0.1, 0.15) is 18.7 Å². The Morgan fingerprint density at radius 1 is 1.26 bits per heavy atom. The zero-order chi connectivity index (χ0) is 16.3. The van der Waals surface area contributed by atoms with E-state index in [2.05, 4.69) is 9.97 Å². The third kappa shape index (κ3) is 3.97. The standard InChI is InChI=1S/C14H22N4O4S/c1-12-15-5-4-14(16-12)22-13-3-2-6-18(11-13)23(19,20)17-7-9-21-10-8-17/h4-5,13H,2-3,6-11H2,1H3. The van der Waals surface area contributed by atoms with Crippen molar-refractivity contribution < 1.29 is 17.9 Å². The normalized spacial score (nSPS) is 24.5. The first-order valence-electron chi connectivity index (χ1n) is 7.85. The van der Waals surface area contributed by atoms with Gasteiger partial charge in [0.05, 0.1) is 19.8 Å². The molecule has 1 aromatic rings. The van der Waals surface area contributed by atoms with Gasteiger partial charge in [0.25, 0.3) is 10.2 Å². The maximum absolute atomic E-state index is 12.7. The average Bonchev–Trinajstić information content (AvgIpc) is 2.56. The van der Waals surface area contributed by atoms with E-state index in [1.54, 1.807) is 19.2 Å². The van der Waals surface area contributed by atoms with Gasteiger partial charge in [-0.25, -0.2) is 4.98 Å². The van der Waals surface area contributed by atoms with Crippen LogP contribution in [0.15, 0.2) is 12.3 Å². The molecule has 9 heteroatoms. The highest BCUT2D eigenvalue weighted by atomic mass is 32.2. The highest BCUT2D eigenvalue weighted by Gasteiger charge is 2.35. The minimum atomic E-state index is -3.44. The molecule has 3 rings (SSSR count). The first-order valence-corrected chi connectivity index (χ1v) is 9.25. The van der Waals surface area contributed by atoms with Gasteiger partial charge in [-0.05, 0) is 19.8 Å². The maximum atomic E-state index is 12.7. The van der Waals surface area contributed by atoms with Gasteiger partial charge in [-0.3, -0.25) is 0 Å². The number of nitrogens with zero attached hydrogens (tertiary/aromatic N) is 4. The molecule has 2 fully saturated rings. The number of rotatable bonds is 4. The number of aryl methyl sites for hydroxylation is 1. The molecule has 0 aromatic carbocycles. The van der Waals surface area contributed by atoms with Crippen LogP contribution in [0.25, 0.3) is 0 Å². The van der Waals surface area contributed by atoms with Gasteiger partial charge < -0.3 is 9.47 Å². The summed E-state index contributed by atoms with van der Waals surface area (Å²) in [5, 5.41) is 0. The van der Waals surface area contributed by atoms with E-state index < -0.39 is 10.2 Å². The van der Waals surface area contributed by atoms with Crippen LogP contribution in [0.5, 0.6) is 5.88 Å². The van der Waals surface area contributed by atoms with Crippen LogP contribution in [0, 0.1) is 6.92 Å². The third-order valence-electron chi connectivity index (χ3n) is 4.00. The van der Waals surface area contributed by atoms with E-state index in [1.165, 1.54) is 8.61 Å². The lowest BCUT2D eigenvalue weighted by Crippen LogP contribution is -2.53. The SMILES string of the molecule is Cc1nccc(OC2CCCN(S(=O)(=O)N3CCOCC3)C2)n1. The first kappa shape index (κ1) is 16.6.